The van der Waals surface area contributed by atoms with Gasteiger partial charge < -0.3 is 24.8 Å². The molecule has 0 saturated carbocycles. The summed E-state index contributed by atoms with van der Waals surface area (Å²) < 4.78 is 15.8. The Morgan fingerprint density at radius 1 is 1.17 bits per heavy atom. The number of hydrogen-bond donors (Lipinski definition) is 2. The lowest BCUT2D eigenvalue weighted by Crippen LogP contribution is -2.31. The normalized spacial score (nSPS) is 10.0. The molecule has 2 N–H and O–H groups in total. The topological polar surface area (TPSA) is 64.6 Å². The number of nitrogens with zero attached hydrogens (tertiary/aromatic N) is 1. The van der Waals surface area contributed by atoms with Crippen LogP contribution in [-0.2, 0) is 4.74 Å². The molecule has 23 heavy (non-hydrogen) atoms. The number of anilines is 1. The maximum Gasteiger partial charge on any atom is 0.219 e. The van der Waals surface area contributed by atoms with E-state index in [1.807, 2.05) is 24.3 Å². The molecule has 122 valence electrons. The summed E-state index contributed by atoms with van der Waals surface area (Å²) in [5.74, 6) is 1.88. The highest BCUT2D eigenvalue weighted by Gasteiger charge is 2.02. The number of thiocarbonyl (C=S) groups is 1. The third-order valence-electron chi connectivity index (χ3n) is 2.85. The van der Waals surface area contributed by atoms with Crippen molar-refractivity contribution in [3.63, 3.8) is 0 Å². The first-order chi connectivity index (χ1) is 11.2. The van der Waals surface area contributed by atoms with Crippen molar-refractivity contribution in [2.75, 3.05) is 32.7 Å². The first-order valence-corrected chi connectivity index (χ1v) is 7.44. The molecule has 1 aromatic carbocycles. The van der Waals surface area contributed by atoms with Gasteiger partial charge in [0.05, 0.1) is 25.6 Å². The summed E-state index contributed by atoms with van der Waals surface area (Å²) in [6.07, 6.45) is 1.65. The van der Waals surface area contributed by atoms with E-state index in [9.17, 15) is 0 Å². The second kappa shape index (κ2) is 8.92. The minimum absolute atomic E-state index is 0.488. The van der Waals surface area contributed by atoms with Crippen molar-refractivity contribution in [1.82, 2.24) is 10.3 Å². The third kappa shape index (κ3) is 5.72. The summed E-state index contributed by atoms with van der Waals surface area (Å²) in [5.41, 5.74) is 0.776. The van der Waals surface area contributed by atoms with Crippen LogP contribution in [0.25, 0.3) is 0 Å². The summed E-state index contributed by atoms with van der Waals surface area (Å²) in [6, 6.07) is 10.9. The van der Waals surface area contributed by atoms with Crippen molar-refractivity contribution >= 4 is 23.0 Å². The zero-order chi connectivity index (χ0) is 16.5. The Morgan fingerprint density at radius 2 is 2.00 bits per heavy atom. The zero-order valence-corrected chi connectivity index (χ0v) is 13.9. The van der Waals surface area contributed by atoms with Crippen molar-refractivity contribution in [3.05, 3.63) is 42.6 Å². The molecule has 0 saturated heterocycles. The molecule has 0 radical (unpaired) electrons. The van der Waals surface area contributed by atoms with Crippen molar-refractivity contribution in [2.45, 2.75) is 0 Å². The number of nitrogens with one attached hydrogen (secondary N) is 2. The second-order valence-electron chi connectivity index (χ2n) is 4.54. The first-order valence-electron chi connectivity index (χ1n) is 7.03. The third-order valence-corrected chi connectivity index (χ3v) is 3.10. The molecule has 0 amide bonds. The van der Waals surface area contributed by atoms with Gasteiger partial charge in [0, 0.05) is 25.8 Å². The highest BCUT2D eigenvalue weighted by Crippen LogP contribution is 2.24. The van der Waals surface area contributed by atoms with Crippen LogP contribution in [0.2, 0.25) is 0 Å². The zero-order valence-electron chi connectivity index (χ0n) is 13.0. The summed E-state index contributed by atoms with van der Waals surface area (Å²) >= 11 is 5.16. The van der Waals surface area contributed by atoms with Crippen LogP contribution in [0.3, 0.4) is 0 Å². The van der Waals surface area contributed by atoms with Crippen LogP contribution in [0.1, 0.15) is 0 Å². The molecule has 2 rings (SSSR count). The fourth-order valence-corrected chi connectivity index (χ4v) is 1.96. The van der Waals surface area contributed by atoms with Gasteiger partial charge in [-0.25, -0.2) is 4.98 Å². The van der Waals surface area contributed by atoms with Crippen LogP contribution < -0.4 is 20.1 Å². The van der Waals surface area contributed by atoms with E-state index in [-0.39, 0.29) is 0 Å². The Labute approximate surface area is 140 Å². The van der Waals surface area contributed by atoms with Crippen LogP contribution in [0.15, 0.2) is 42.6 Å². The van der Waals surface area contributed by atoms with E-state index in [0.717, 1.165) is 11.4 Å². The van der Waals surface area contributed by atoms with Crippen LogP contribution in [0, 0.1) is 0 Å². The quantitative estimate of drug-likeness (QED) is 0.596. The molecule has 0 unspecified atom stereocenters. The van der Waals surface area contributed by atoms with E-state index in [1.165, 1.54) is 0 Å². The van der Waals surface area contributed by atoms with E-state index >= 15 is 0 Å². The van der Waals surface area contributed by atoms with E-state index in [1.54, 1.807) is 32.5 Å². The predicted octanol–water partition coefficient (Wildman–Crippen LogP) is 2.82. The molecular formula is C16H19N3O3S. The Morgan fingerprint density at radius 3 is 2.70 bits per heavy atom. The molecule has 0 aliphatic carbocycles. The molecule has 7 heteroatoms. The summed E-state index contributed by atoms with van der Waals surface area (Å²) in [6.45, 7) is 1.24. The number of ether oxygens (including phenoxy) is 3. The second-order valence-corrected chi connectivity index (χ2v) is 4.95. The van der Waals surface area contributed by atoms with Gasteiger partial charge in [0.1, 0.15) is 11.5 Å². The molecule has 1 heterocycles. The molecule has 0 bridgehead atoms. The number of benzene rings is 1. The lowest BCUT2D eigenvalue weighted by molar-refractivity contribution is 0.204. The number of methoxy groups -OCH3 is 2. The summed E-state index contributed by atoms with van der Waals surface area (Å²) in [7, 11) is 3.25. The van der Waals surface area contributed by atoms with Gasteiger partial charge in [-0.1, -0.05) is 6.07 Å². The highest BCUT2D eigenvalue weighted by atomic mass is 32.1. The molecule has 1 aromatic heterocycles. The molecule has 0 aliphatic rings. The van der Waals surface area contributed by atoms with Crippen molar-refractivity contribution in [1.29, 1.82) is 0 Å². The molecule has 2 aromatic rings. The van der Waals surface area contributed by atoms with Gasteiger partial charge in [-0.05, 0) is 30.4 Å². The molecule has 0 spiro atoms. The van der Waals surface area contributed by atoms with Crippen LogP contribution in [0.5, 0.6) is 17.4 Å². The smallest absolute Gasteiger partial charge is 0.219 e. The van der Waals surface area contributed by atoms with Gasteiger partial charge in [-0.3, -0.25) is 0 Å². The Hall–Kier alpha value is -2.38. The van der Waals surface area contributed by atoms with Crippen molar-refractivity contribution < 1.29 is 14.2 Å². The predicted molar refractivity (Wildman–Crippen MR) is 93.4 cm³/mol. The summed E-state index contributed by atoms with van der Waals surface area (Å²) in [4.78, 5) is 4.24. The van der Waals surface area contributed by atoms with Crippen LogP contribution in [-0.4, -0.2) is 37.5 Å². The van der Waals surface area contributed by atoms with E-state index < -0.39 is 0 Å². The largest absolute Gasteiger partial charge is 0.497 e. The van der Waals surface area contributed by atoms with Crippen LogP contribution in [0.4, 0.5) is 5.69 Å². The average Bonchev–Trinajstić information content (AvgIpc) is 2.57. The fourth-order valence-electron chi connectivity index (χ4n) is 1.74. The lowest BCUT2D eigenvalue weighted by atomic mass is 10.3. The van der Waals surface area contributed by atoms with Gasteiger partial charge >= 0.3 is 0 Å². The van der Waals surface area contributed by atoms with Crippen molar-refractivity contribution in [2.24, 2.45) is 0 Å². The van der Waals surface area contributed by atoms with Crippen LogP contribution >= 0.6 is 12.2 Å². The molecule has 0 atom stereocenters. The standard InChI is InChI=1S/C16H19N3O3S/c1-20-9-8-17-16(23)19-12-6-7-15(18-11-12)22-14-5-3-4-13(10-14)21-2/h3-7,10-11H,8-9H2,1-2H3,(H2,17,19,23). The van der Waals surface area contributed by atoms with E-state index in [0.29, 0.717) is 29.9 Å². The number of pyridine rings is 1. The Kier molecular flexibility index (Phi) is 6.58. The molecule has 0 aliphatic heterocycles. The number of rotatable bonds is 7. The Bertz CT molecular complexity index is 635. The maximum atomic E-state index is 5.68. The van der Waals surface area contributed by atoms with Gasteiger partial charge in [-0.15, -0.1) is 0 Å². The average molecular weight is 333 g/mol. The van der Waals surface area contributed by atoms with Gasteiger partial charge in [0.25, 0.3) is 0 Å². The SMILES string of the molecule is COCCNC(=S)Nc1ccc(Oc2cccc(OC)c2)nc1. The summed E-state index contributed by atoms with van der Waals surface area (Å²) in [5, 5.41) is 6.58. The fraction of sp³-hybridized carbons (Fsp3) is 0.250. The van der Waals surface area contributed by atoms with Gasteiger partial charge in [0.15, 0.2) is 5.11 Å². The number of hydrogen-bond acceptors (Lipinski definition) is 5. The van der Waals surface area contributed by atoms with Gasteiger partial charge in [0.2, 0.25) is 5.88 Å². The maximum absolute atomic E-state index is 5.68. The minimum atomic E-state index is 0.488. The first kappa shape index (κ1) is 17.0. The monoisotopic (exact) mass is 333 g/mol. The molecular weight excluding hydrogens is 314 g/mol. The Balaban J connectivity index is 1.90. The molecule has 0 fully saturated rings. The number of aromatic nitrogens is 1. The van der Waals surface area contributed by atoms with Crippen molar-refractivity contribution in [3.8, 4) is 17.4 Å². The lowest BCUT2D eigenvalue weighted by Gasteiger charge is -2.10. The highest BCUT2D eigenvalue weighted by molar-refractivity contribution is 7.80. The van der Waals surface area contributed by atoms with Gasteiger partial charge in [-0.2, -0.15) is 0 Å². The molecule has 6 nitrogen and oxygen atoms in total. The van der Waals surface area contributed by atoms with E-state index in [2.05, 4.69) is 15.6 Å². The van der Waals surface area contributed by atoms with E-state index in [4.69, 9.17) is 26.4 Å². The minimum Gasteiger partial charge on any atom is -0.497 e.